The number of rotatable bonds is 7. The first-order valence-corrected chi connectivity index (χ1v) is 8.10. The van der Waals surface area contributed by atoms with Crippen LogP contribution in [0.15, 0.2) is 84.0 Å². The summed E-state index contributed by atoms with van der Waals surface area (Å²) in [6.45, 7) is 0.502. The highest BCUT2D eigenvalue weighted by Gasteiger charge is 2.02. The van der Waals surface area contributed by atoms with E-state index < -0.39 is 5.97 Å². The molecular formula is C21H18N2O3. The Morgan fingerprint density at radius 1 is 1.00 bits per heavy atom. The molecule has 0 spiro atoms. The Morgan fingerprint density at radius 3 is 2.62 bits per heavy atom. The second kappa shape index (κ2) is 8.48. The van der Waals surface area contributed by atoms with Gasteiger partial charge in [0.15, 0.2) is 0 Å². The lowest BCUT2D eigenvalue weighted by atomic mass is 10.2. The summed E-state index contributed by atoms with van der Waals surface area (Å²) in [5, 5.41) is 13.1. The summed E-state index contributed by atoms with van der Waals surface area (Å²) >= 11 is 0. The number of hydrazone groups is 1. The summed E-state index contributed by atoms with van der Waals surface area (Å²) in [7, 11) is 0. The van der Waals surface area contributed by atoms with E-state index in [4.69, 9.17) is 9.84 Å². The number of hydrogen-bond acceptors (Lipinski definition) is 4. The highest BCUT2D eigenvalue weighted by atomic mass is 16.5. The minimum Gasteiger partial charge on any atom is -0.489 e. The van der Waals surface area contributed by atoms with Gasteiger partial charge in [0.25, 0.3) is 0 Å². The van der Waals surface area contributed by atoms with Crippen molar-refractivity contribution >= 4 is 17.9 Å². The number of ether oxygens (including phenoxy) is 1. The number of carboxylic acids is 1. The van der Waals surface area contributed by atoms with Crippen molar-refractivity contribution in [2.45, 2.75) is 6.61 Å². The molecular weight excluding hydrogens is 328 g/mol. The lowest BCUT2D eigenvalue weighted by molar-refractivity contribution is 0.0697. The number of carbonyl (C=O) groups is 1. The summed E-state index contributed by atoms with van der Waals surface area (Å²) < 4.78 is 5.79. The highest BCUT2D eigenvalue weighted by molar-refractivity contribution is 5.88. The maximum absolute atomic E-state index is 11.0. The monoisotopic (exact) mass is 346 g/mol. The number of hydrogen-bond donors (Lipinski definition) is 2. The third-order valence-electron chi connectivity index (χ3n) is 3.62. The Labute approximate surface area is 151 Å². The highest BCUT2D eigenvalue weighted by Crippen LogP contribution is 2.15. The van der Waals surface area contributed by atoms with Crippen LogP contribution in [0.4, 0.5) is 5.69 Å². The summed E-state index contributed by atoms with van der Waals surface area (Å²) in [6, 6.07) is 24.0. The zero-order valence-corrected chi connectivity index (χ0v) is 14.0. The topological polar surface area (TPSA) is 70.9 Å². The Kier molecular flexibility index (Phi) is 5.62. The van der Waals surface area contributed by atoms with Crippen LogP contribution in [0, 0.1) is 0 Å². The lowest BCUT2D eigenvalue weighted by Crippen LogP contribution is -1.98. The van der Waals surface area contributed by atoms with Crippen molar-refractivity contribution in [3.8, 4) is 5.75 Å². The fourth-order valence-electron chi connectivity index (χ4n) is 2.33. The van der Waals surface area contributed by atoms with E-state index in [2.05, 4.69) is 10.5 Å². The van der Waals surface area contributed by atoms with Crippen LogP contribution in [0.5, 0.6) is 5.75 Å². The predicted molar refractivity (Wildman–Crippen MR) is 102 cm³/mol. The van der Waals surface area contributed by atoms with Crippen molar-refractivity contribution in [2.75, 3.05) is 5.43 Å². The van der Waals surface area contributed by atoms with Crippen molar-refractivity contribution < 1.29 is 14.6 Å². The van der Waals surface area contributed by atoms with Gasteiger partial charge in [-0.1, -0.05) is 48.5 Å². The van der Waals surface area contributed by atoms with E-state index in [1.54, 1.807) is 18.3 Å². The summed E-state index contributed by atoms with van der Waals surface area (Å²) in [6.07, 6.45) is 1.66. The Bertz CT molecular complexity index is 908. The van der Waals surface area contributed by atoms with E-state index in [-0.39, 0.29) is 5.56 Å². The third-order valence-corrected chi connectivity index (χ3v) is 3.62. The fourth-order valence-corrected chi connectivity index (χ4v) is 2.33. The first kappa shape index (κ1) is 17.2. The zero-order chi connectivity index (χ0) is 18.2. The van der Waals surface area contributed by atoms with Crippen molar-refractivity contribution in [3.05, 3.63) is 95.6 Å². The minimum atomic E-state index is -0.971. The van der Waals surface area contributed by atoms with Gasteiger partial charge in [-0.25, -0.2) is 4.79 Å². The van der Waals surface area contributed by atoms with E-state index in [1.165, 1.54) is 12.1 Å². The van der Waals surface area contributed by atoms with E-state index >= 15 is 0 Å². The van der Waals surface area contributed by atoms with Crippen molar-refractivity contribution in [1.82, 2.24) is 0 Å². The molecule has 5 heteroatoms. The molecule has 0 unspecified atom stereocenters. The maximum Gasteiger partial charge on any atom is 0.335 e. The second-order valence-electron chi connectivity index (χ2n) is 5.60. The van der Waals surface area contributed by atoms with Crippen LogP contribution in [-0.2, 0) is 6.61 Å². The Balaban J connectivity index is 1.60. The number of carboxylic acid groups (broad SMARTS) is 1. The summed E-state index contributed by atoms with van der Waals surface area (Å²) in [5.41, 5.74) is 5.63. The molecule has 0 saturated heterocycles. The number of aromatic carboxylic acids is 1. The van der Waals surface area contributed by atoms with Gasteiger partial charge in [-0.2, -0.15) is 5.10 Å². The molecule has 5 nitrogen and oxygen atoms in total. The average molecular weight is 346 g/mol. The first-order chi connectivity index (χ1) is 12.7. The van der Waals surface area contributed by atoms with Crippen LogP contribution in [-0.4, -0.2) is 17.3 Å². The molecule has 130 valence electrons. The molecule has 0 saturated carbocycles. The van der Waals surface area contributed by atoms with Gasteiger partial charge in [-0.15, -0.1) is 0 Å². The molecule has 0 aromatic heterocycles. The fraction of sp³-hybridized carbons (Fsp3) is 0.0476. The van der Waals surface area contributed by atoms with E-state index in [9.17, 15) is 4.79 Å². The van der Waals surface area contributed by atoms with Gasteiger partial charge in [0.1, 0.15) is 12.4 Å². The van der Waals surface area contributed by atoms with Gasteiger partial charge < -0.3 is 9.84 Å². The predicted octanol–water partition coefficient (Wildman–Crippen LogP) is 4.41. The van der Waals surface area contributed by atoms with Crippen LogP contribution < -0.4 is 10.2 Å². The van der Waals surface area contributed by atoms with Crippen LogP contribution in [0.2, 0.25) is 0 Å². The van der Waals surface area contributed by atoms with Gasteiger partial charge in [-0.05, 0) is 41.5 Å². The minimum absolute atomic E-state index is 0.210. The lowest BCUT2D eigenvalue weighted by Gasteiger charge is -2.07. The molecule has 3 rings (SSSR count). The molecule has 0 radical (unpaired) electrons. The largest absolute Gasteiger partial charge is 0.489 e. The van der Waals surface area contributed by atoms with Gasteiger partial charge in [0.2, 0.25) is 0 Å². The quantitative estimate of drug-likeness (QED) is 0.491. The molecule has 0 fully saturated rings. The molecule has 0 heterocycles. The molecule has 3 aromatic carbocycles. The van der Waals surface area contributed by atoms with Crippen molar-refractivity contribution in [1.29, 1.82) is 0 Å². The molecule has 0 aliphatic heterocycles. The third kappa shape index (κ3) is 4.95. The SMILES string of the molecule is O=C(O)c1cccc(NN=Cc2cccc(OCc3ccccc3)c2)c1. The van der Waals surface area contributed by atoms with Gasteiger partial charge in [0.05, 0.1) is 17.5 Å². The van der Waals surface area contributed by atoms with Crippen molar-refractivity contribution in [3.63, 3.8) is 0 Å². The van der Waals surface area contributed by atoms with Gasteiger partial charge in [0, 0.05) is 0 Å². The molecule has 0 aliphatic carbocycles. The summed E-state index contributed by atoms with van der Waals surface area (Å²) in [4.78, 5) is 11.0. The van der Waals surface area contributed by atoms with Crippen LogP contribution in [0.25, 0.3) is 0 Å². The maximum atomic E-state index is 11.0. The molecule has 0 amide bonds. The van der Waals surface area contributed by atoms with E-state index in [0.29, 0.717) is 12.3 Å². The standard InChI is InChI=1S/C21H18N2O3/c24-21(25)18-9-5-10-19(13-18)23-22-14-17-8-4-11-20(12-17)26-15-16-6-2-1-3-7-16/h1-14,23H,15H2,(H,24,25). The summed E-state index contributed by atoms with van der Waals surface area (Å²) in [5.74, 6) is -0.216. The molecule has 0 aliphatic rings. The molecule has 0 bridgehead atoms. The zero-order valence-electron chi connectivity index (χ0n) is 14.0. The van der Waals surface area contributed by atoms with Crippen molar-refractivity contribution in [2.24, 2.45) is 5.10 Å². The average Bonchev–Trinajstić information content (AvgIpc) is 2.68. The number of nitrogens with one attached hydrogen (secondary N) is 1. The second-order valence-corrected chi connectivity index (χ2v) is 5.60. The molecule has 2 N–H and O–H groups in total. The van der Waals surface area contributed by atoms with Crippen LogP contribution in [0.3, 0.4) is 0 Å². The van der Waals surface area contributed by atoms with Crippen LogP contribution >= 0.6 is 0 Å². The van der Waals surface area contributed by atoms with E-state index in [1.807, 2.05) is 54.6 Å². The first-order valence-electron chi connectivity index (χ1n) is 8.10. The Morgan fingerprint density at radius 2 is 1.81 bits per heavy atom. The molecule has 3 aromatic rings. The number of benzene rings is 3. The normalized spacial score (nSPS) is 10.6. The smallest absolute Gasteiger partial charge is 0.335 e. The molecule has 0 atom stereocenters. The van der Waals surface area contributed by atoms with E-state index in [0.717, 1.165) is 16.9 Å². The molecule has 26 heavy (non-hydrogen) atoms. The Hall–Kier alpha value is -3.60. The van der Waals surface area contributed by atoms with Gasteiger partial charge in [-0.3, -0.25) is 5.43 Å². The van der Waals surface area contributed by atoms with Gasteiger partial charge >= 0.3 is 5.97 Å². The van der Waals surface area contributed by atoms with Crippen LogP contribution in [0.1, 0.15) is 21.5 Å². The number of nitrogens with zero attached hydrogens (tertiary/aromatic N) is 1. The number of anilines is 1.